The summed E-state index contributed by atoms with van der Waals surface area (Å²) >= 11 is 0. The fraction of sp³-hybridized carbons (Fsp3) is 0.533. The Balaban J connectivity index is 1.51. The third-order valence-electron chi connectivity index (χ3n) is 6.84. The molecule has 2 amide bonds. The number of aryl methyl sites for hydroxylation is 1. The summed E-state index contributed by atoms with van der Waals surface area (Å²) in [6.45, 7) is 9.80. The van der Waals surface area contributed by atoms with E-state index in [1.54, 1.807) is 36.1 Å². The van der Waals surface area contributed by atoms with Gasteiger partial charge in [-0.1, -0.05) is 45.0 Å². The van der Waals surface area contributed by atoms with Crippen molar-refractivity contribution in [1.29, 1.82) is 0 Å². The standard InChI is InChI=1S/C30H41FN2O5/c1-21-8-5-9-22(27(21)28(34)35)20-38-26-13-7-12-25(19-26)37-17-16-33(15-14-30(2,3)4)29(36)32-24-11-6-10-23(31)18-24/h5-6,8-11,18,25-26H,7,12-17,19-20H2,1-4H3,(H,32,36)(H,34,35)/t25-,26+/m0/s1. The molecule has 0 aliphatic heterocycles. The molecule has 8 heteroatoms. The van der Waals surface area contributed by atoms with Crippen molar-refractivity contribution in [2.45, 2.75) is 78.6 Å². The van der Waals surface area contributed by atoms with Gasteiger partial charge in [0.1, 0.15) is 5.82 Å². The molecule has 0 radical (unpaired) electrons. The zero-order valence-electron chi connectivity index (χ0n) is 23.0. The summed E-state index contributed by atoms with van der Waals surface area (Å²) in [5.74, 6) is -1.34. The Kier molecular flexibility index (Phi) is 10.7. The first-order valence-corrected chi connectivity index (χ1v) is 13.4. The van der Waals surface area contributed by atoms with Gasteiger partial charge in [-0.3, -0.25) is 0 Å². The molecule has 2 aromatic rings. The molecular weight excluding hydrogens is 487 g/mol. The SMILES string of the molecule is Cc1cccc(CO[C@@H]2CCC[C@H](OCCN(CCC(C)(C)C)C(=O)Nc3cccc(F)c3)C2)c1C(=O)O. The van der Waals surface area contributed by atoms with Gasteiger partial charge in [0, 0.05) is 18.8 Å². The number of carboxylic acid groups (broad SMARTS) is 1. The third-order valence-corrected chi connectivity index (χ3v) is 6.84. The first-order chi connectivity index (χ1) is 18.0. The normalized spacial score (nSPS) is 17.7. The highest BCUT2D eigenvalue weighted by Crippen LogP contribution is 2.26. The molecule has 2 aromatic carbocycles. The van der Waals surface area contributed by atoms with E-state index in [-0.39, 0.29) is 30.3 Å². The van der Waals surface area contributed by atoms with Crippen LogP contribution in [-0.4, -0.2) is 53.9 Å². The Hall–Kier alpha value is -2.97. The van der Waals surface area contributed by atoms with Crippen LogP contribution in [0.5, 0.6) is 0 Å². The topological polar surface area (TPSA) is 88.1 Å². The van der Waals surface area contributed by atoms with E-state index >= 15 is 0 Å². The number of nitrogens with zero attached hydrogens (tertiary/aromatic N) is 1. The first kappa shape index (κ1) is 29.6. The molecule has 0 bridgehead atoms. The number of benzene rings is 2. The molecule has 0 unspecified atom stereocenters. The van der Waals surface area contributed by atoms with Crippen LogP contribution in [0.2, 0.25) is 0 Å². The van der Waals surface area contributed by atoms with E-state index < -0.39 is 11.8 Å². The highest BCUT2D eigenvalue weighted by molar-refractivity contribution is 5.91. The van der Waals surface area contributed by atoms with Gasteiger partial charge in [0.2, 0.25) is 0 Å². The van der Waals surface area contributed by atoms with Crippen LogP contribution in [0.25, 0.3) is 0 Å². The lowest BCUT2D eigenvalue weighted by Gasteiger charge is -2.31. The molecule has 1 fully saturated rings. The lowest BCUT2D eigenvalue weighted by molar-refractivity contribution is -0.0524. The molecule has 0 aromatic heterocycles. The highest BCUT2D eigenvalue weighted by Gasteiger charge is 2.25. The number of rotatable bonds is 11. The average Bonchev–Trinajstić information content (AvgIpc) is 2.84. The molecule has 0 saturated heterocycles. The largest absolute Gasteiger partial charge is 0.478 e. The molecule has 0 spiro atoms. The number of urea groups is 1. The minimum Gasteiger partial charge on any atom is -0.478 e. The number of carboxylic acids is 1. The van der Waals surface area contributed by atoms with Crippen molar-refractivity contribution in [3.63, 3.8) is 0 Å². The lowest BCUT2D eigenvalue weighted by atomic mass is 9.92. The van der Waals surface area contributed by atoms with Gasteiger partial charge in [0.25, 0.3) is 0 Å². The zero-order valence-corrected chi connectivity index (χ0v) is 23.0. The minimum absolute atomic E-state index is 0.0100. The summed E-state index contributed by atoms with van der Waals surface area (Å²) in [5.41, 5.74) is 2.19. The Bertz CT molecular complexity index is 1080. The Labute approximate surface area is 225 Å². The predicted molar refractivity (Wildman–Crippen MR) is 146 cm³/mol. The van der Waals surface area contributed by atoms with Crippen molar-refractivity contribution in [1.82, 2.24) is 4.90 Å². The summed E-state index contributed by atoms with van der Waals surface area (Å²) in [5, 5.41) is 12.4. The molecule has 208 valence electrons. The summed E-state index contributed by atoms with van der Waals surface area (Å²) in [6.07, 6.45) is 4.34. The number of amides is 2. The number of hydrogen-bond donors (Lipinski definition) is 2. The van der Waals surface area contributed by atoms with Gasteiger partial charge in [-0.25, -0.2) is 14.0 Å². The van der Waals surface area contributed by atoms with E-state index in [4.69, 9.17) is 9.47 Å². The monoisotopic (exact) mass is 528 g/mol. The van der Waals surface area contributed by atoms with Crippen LogP contribution in [0.15, 0.2) is 42.5 Å². The van der Waals surface area contributed by atoms with Crippen LogP contribution in [0.3, 0.4) is 0 Å². The van der Waals surface area contributed by atoms with E-state index in [1.807, 2.05) is 6.07 Å². The highest BCUT2D eigenvalue weighted by atomic mass is 19.1. The van der Waals surface area contributed by atoms with E-state index in [1.165, 1.54) is 12.1 Å². The Morgan fingerprint density at radius 3 is 2.47 bits per heavy atom. The minimum atomic E-state index is -0.941. The lowest BCUT2D eigenvalue weighted by Crippen LogP contribution is -2.40. The number of hydrogen-bond acceptors (Lipinski definition) is 4. The van der Waals surface area contributed by atoms with Crippen LogP contribution in [0.4, 0.5) is 14.9 Å². The van der Waals surface area contributed by atoms with Crippen molar-refractivity contribution in [3.05, 3.63) is 65.0 Å². The van der Waals surface area contributed by atoms with Gasteiger partial charge < -0.3 is 24.8 Å². The van der Waals surface area contributed by atoms with Crippen molar-refractivity contribution in [3.8, 4) is 0 Å². The maximum atomic E-state index is 13.6. The van der Waals surface area contributed by atoms with Crippen LogP contribution in [0, 0.1) is 18.2 Å². The molecule has 3 rings (SSSR count). The van der Waals surface area contributed by atoms with E-state index in [0.717, 1.165) is 37.7 Å². The van der Waals surface area contributed by atoms with Gasteiger partial charge in [-0.2, -0.15) is 0 Å². The van der Waals surface area contributed by atoms with Crippen LogP contribution < -0.4 is 5.32 Å². The third kappa shape index (κ3) is 9.40. The van der Waals surface area contributed by atoms with E-state index in [2.05, 4.69) is 26.1 Å². The summed E-state index contributed by atoms with van der Waals surface area (Å²) in [6, 6.07) is 11.0. The van der Waals surface area contributed by atoms with Crippen molar-refractivity contribution >= 4 is 17.7 Å². The number of nitrogens with one attached hydrogen (secondary N) is 1. The van der Waals surface area contributed by atoms with Gasteiger partial charge >= 0.3 is 12.0 Å². The Morgan fingerprint density at radius 2 is 1.79 bits per heavy atom. The molecule has 38 heavy (non-hydrogen) atoms. The Morgan fingerprint density at radius 1 is 1.08 bits per heavy atom. The molecule has 0 heterocycles. The fourth-order valence-electron chi connectivity index (χ4n) is 4.65. The van der Waals surface area contributed by atoms with Gasteiger partial charge in [-0.15, -0.1) is 0 Å². The summed E-state index contributed by atoms with van der Waals surface area (Å²) in [7, 11) is 0. The van der Waals surface area contributed by atoms with Gasteiger partial charge in [0.05, 0.1) is 31.0 Å². The van der Waals surface area contributed by atoms with Gasteiger partial charge in [-0.05, 0) is 73.8 Å². The molecule has 1 saturated carbocycles. The van der Waals surface area contributed by atoms with Gasteiger partial charge in [0.15, 0.2) is 0 Å². The van der Waals surface area contributed by atoms with Crippen molar-refractivity contribution < 1.29 is 28.6 Å². The van der Waals surface area contributed by atoms with Crippen molar-refractivity contribution in [2.24, 2.45) is 5.41 Å². The fourth-order valence-corrected chi connectivity index (χ4v) is 4.65. The van der Waals surface area contributed by atoms with Crippen LogP contribution in [-0.2, 0) is 16.1 Å². The second kappa shape index (κ2) is 13.7. The number of ether oxygens (including phenoxy) is 2. The van der Waals surface area contributed by atoms with E-state index in [0.29, 0.717) is 36.5 Å². The average molecular weight is 529 g/mol. The molecule has 1 aliphatic rings. The molecular formula is C30H41FN2O5. The maximum absolute atomic E-state index is 13.6. The second-order valence-corrected chi connectivity index (χ2v) is 11.2. The van der Waals surface area contributed by atoms with E-state index in [9.17, 15) is 19.1 Å². The number of aromatic carboxylic acids is 1. The number of carbonyl (C=O) groups is 2. The van der Waals surface area contributed by atoms with Crippen LogP contribution in [0.1, 0.15) is 74.4 Å². The summed E-state index contributed by atoms with van der Waals surface area (Å²) < 4.78 is 25.9. The molecule has 2 atom stereocenters. The van der Waals surface area contributed by atoms with Crippen LogP contribution >= 0.6 is 0 Å². The molecule has 1 aliphatic carbocycles. The zero-order chi connectivity index (χ0) is 27.7. The first-order valence-electron chi connectivity index (χ1n) is 13.4. The summed E-state index contributed by atoms with van der Waals surface area (Å²) in [4.78, 5) is 26.4. The predicted octanol–water partition coefficient (Wildman–Crippen LogP) is 6.65. The number of halogens is 1. The molecule has 7 nitrogen and oxygen atoms in total. The maximum Gasteiger partial charge on any atom is 0.336 e. The smallest absolute Gasteiger partial charge is 0.336 e. The van der Waals surface area contributed by atoms with Crippen molar-refractivity contribution in [2.75, 3.05) is 25.0 Å². The molecule has 2 N–H and O–H groups in total. The number of anilines is 1. The number of carbonyl (C=O) groups excluding carboxylic acids is 1. The quantitative estimate of drug-likeness (QED) is 0.341. The second-order valence-electron chi connectivity index (χ2n) is 11.2.